The van der Waals surface area contributed by atoms with Crippen LogP contribution in [0.4, 0.5) is 0 Å². The lowest BCUT2D eigenvalue weighted by Crippen LogP contribution is -2.32. The molecule has 0 aliphatic heterocycles. The van der Waals surface area contributed by atoms with E-state index in [9.17, 15) is 13.2 Å². The van der Waals surface area contributed by atoms with E-state index in [0.29, 0.717) is 5.65 Å². The lowest BCUT2D eigenvalue weighted by atomic mass is 10.2. The summed E-state index contributed by atoms with van der Waals surface area (Å²) in [7, 11) is -4.13. The number of pyridine rings is 1. The van der Waals surface area contributed by atoms with Gasteiger partial charge in [0.05, 0.1) is 6.42 Å². The topological polar surface area (TPSA) is 80.5 Å². The molecule has 9 heteroatoms. The number of carbonyl (C=O) groups is 1. The molecule has 3 heterocycles. The average molecular weight is 384 g/mol. The average Bonchev–Trinajstić information content (AvgIpc) is 2.96. The molecular weight excluding hydrogens is 370 g/mol. The monoisotopic (exact) mass is 383 g/mol. The summed E-state index contributed by atoms with van der Waals surface area (Å²) in [6, 6.07) is 6.89. The highest BCUT2D eigenvalue weighted by atomic mass is 35.5. The molecule has 0 spiro atoms. The molecule has 3 aromatic rings. The highest BCUT2D eigenvalue weighted by molar-refractivity contribution is 7.90. The summed E-state index contributed by atoms with van der Waals surface area (Å²) in [6.45, 7) is 3.84. The number of rotatable bonds is 4. The SMILES string of the molecule is Cc1cc(CC(=O)NS(=O)(=O)c2c(Cl)nc3ccccn23)c(C)s1. The fourth-order valence-corrected chi connectivity index (χ4v) is 5.03. The summed E-state index contributed by atoms with van der Waals surface area (Å²) in [4.78, 5) is 18.2. The van der Waals surface area contributed by atoms with Crippen LogP contribution in [0, 0.1) is 13.8 Å². The fourth-order valence-electron chi connectivity index (χ4n) is 2.45. The lowest BCUT2D eigenvalue weighted by molar-refractivity contribution is -0.118. The van der Waals surface area contributed by atoms with Crippen molar-refractivity contribution in [3.05, 3.63) is 50.9 Å². The minimum Gasteiger partial charge on any atom is -0.288 e. The predicted octanol–water partition coefficient (Wildman–Crippen LogP) is 2.71. The Bertz CT molecular complexity index is 1040. The number of fused-ring (bicyclic) bond motifs is 1. The zero-order valence-corrected chi connectivity index (χ0v) is 15.3. The molecule has 3 rings (SSSR count). The van der Waals surface area contributed by atoms with E-state index in [2.05, 4.69) is 9.71 Å². The first-order valence-corrected chi connectivity index (χ1v) is 9.70. The Morgan fingerprint density at radius 3 is 2.79 bits per heavy atom. The quantitative estimate of drug-likeness (QED) is 0.751. The van der Waals surface area contributed by atoms with Gasteiger partial charge in [0, 0.05) is 16.0 Å². The smallest absolute Gasteiger partial charge is 0.283 e. The summed E-state index contributed by atoms with van der Waals surface area (Å²) in [6.07, 6.45) is 1.52. The van der Waals surface area contributed by atoms with E-state index in [-0.39, 0.29) is 16.6 Å². The maximum Gasteiger partial charge on any atom is 0.283 e. The number of halogens is 1. The molecule has 6 nitrogen and oxygen atoms in total. The molecule has 126 valence electrons. The molecule has 0 radical (unpaired) electrons. The number of sulfonamides is 1. The third-order valence-corrected chi connectivity index (χ3v) is 6.22. The second kappa shape index (κ2) is 6.19. The van der Waals surface area contributed by atoms with E-state index in [1.807, 2.05) is 19.9 Å². The molecule has 0 bridgehead atoms. The van der Waals surface area contributed by atoms with Crippen molar-refractivity contribution in [1.29, 1.82) is 0 Å². The Labute approximate surface area is 148 Å². The number of nitrogens with zero attached hydrogens (tertiary/aromatic N) is 2. The van der Waals surface area contributed by atoms with Gasteiger partial charge in [0.25, 0.3) is 10.0 Å². The van der Waals surface area contributed by atoms with Gasteiger partial charge in [-0.25, -0.2) is 9.71 Å². The number of imidazole rings is 1. The van der Waals surface area contributed by atoms with Crippen LogP contribution in [0.3, 0.4) is 0 Å². The predicted molar refractivity (Wildman–Crippen MR) is 93.0 cm³/mol. The number of aromatic nitrogens is 2. The van der Waals surface area contributed by atoms with Crippen molar-refractivity contribution in [3.63, 3.8) is 0 Å². The molecule has 0 aliphatic carbocycles. The molecular formula is C15H14ClN3O3S2. The standard InChI is InChI=1S/C15H14ClN3O3S2/c1-9-7-11(10(2)23-9)8-13(20)18-24(21,22)15-14(16)17-12-5-3-4-6-19(12)15/h3-7H,8H2,1-2H3,(H,18,20). The van der Waals surface area contributed by atoms with Crippen molar-refractivity contribution in [2.45, 2.75) is 25.3 Å². The highest BCUT2D eigenvalue weighted by Gasteiger charge is 2.26. The van der Waals surface area contributed by atoms with Crippen molar-refractivity contribution in [1.82, 2.24) is 14.1 Å². The Morgan fingerprint density at radius 2 is 2.12 bits per heavy atom. The van der Waals surface area contributed by atoms with Crippen LogP contribution in [0.5, 0.6) is 0 Å². The number of carbonyl (C=O) groups excluding carboxylic acids is 1. The van der Waals surface area contributed by atoms with E-state index in [1.54, 1.807) is 29.5 Å². The van der Waals surface area contributed by atoms with Crippen molar-refractivity contribution >= 4 is 44.5 Å². The molecule has 0 saturated carbocycles. The molecule has 0 unspecified atom stereocenters. The number of thiophene rings is 1. The second-order valence-corrected chi connectivity index (χ2v) is 8.70. The number of hydrogen-bond donors (Lipinski definition) is 1. The third-order valence-electron chi connectivity index (χ3n) is 3.44. The summed E-state index contributed by atoms with van der Waals surface area (Å²) >= 11 is 7.53. The van der Waals surface area contributed by atoms with Gasteiger partial charge in [-0.3, -0.25) is 9.20 Å². The van der Waals surface area contributed by atoms with Crippen LogP contribution in [0.2, 0.25) is 5.15 Å². The van der Waals surface area contributed by atoms with Gasteiger partial charge >= 0.3 is 0 Å². The minimum atomic E-state index is -4.13. The maximum absolute atomic E-state index is 12.5. The summed E-state index contributed by atoms with van der Waals surface area (Å²) in [5.41, 5.74) is 1.20. The second-order valence-electron chi connectivity index (χ2n) is 5.28. The van der Waals surface area contributed by atoms with Gasteiger partial charge in [-0.05, 0) is 37.6 Å². The van der Waals surface area contributed by atoms with E-state index in [4.69, 9.17) is 11.6 Å². The van der Waals surface area contributed by atoms with Gasteiger partial charge in [0.2, 0.25) is 5.91 Å². The fraction of sp³-hybridized carbons (Fsp3) is 0.200. The Kier molecular flexibility index (Phi) is 4.37. The first-order chi connectivity index (χ1) is 11.3. The first-order valence-electron chi connectivity index (χ1n) is 7.02. The van der Waals surface area contributed by atoms with Crippen molar-refractivity contribution in [2.24, 2.45) is 0 Å². The van der Waals surface area contributed by atoms with Crippen LogP contribution >= 0.6 is 22.9 Å². The van der Waals surface area contributed by atoms with Crippen molar-refractivity contribution in [2.75, 3.05) is 0 Å². The third kappa shape index (κ3) is 3.17. The molecule has 0 fully saturated rings. The van der Waals surface area contributed by atoms with Crippen LogP contribution in [-0.4, -0.2) is 23.7 Å². The van der Waals surface area contributed by atoms with Gasteiger partial charge < -0.3 is 0 Å². The van der Waals surface area contributed by atoms with Crippen LogP contribution in [-0.2, 0) is 21.2 Å². The number of hydrogen-bond acceptors (Lipinski definition) is 5. The zero-order valence-electron chi connectivity index (χ0n) is 12.9. The summed E-state index contributed by atoms with van der Waals surface area (Å²) in [5.74, 6) is -0.613. The Morgan fingerprint density at radius 1 is 1.38 bits per heavy atom. The van der Waals surface area contributed by atoms with Crippen LogP contribution in [0.1, 0.15) is 15.3 Å². The van der Waals surface area contributed by atoms with E-state index >= 15 is 0 Å². The molecule has 3 aromatic heterocycles. The van der Waals surface area contributed by atoms with E-state index in [0.717, 1.165) is 15.3 Å². The van der Waals surface area contributed by atoms with Gasteiger partial charge in [-0.2, -0.15) is 8.42 Å². The van der Waals surface area contributed by atoms with Gasteiger partial charge in [-0.15, -0.1) is 11.3 Å². The van der Waals surface area contributed by atoms with Crippen LogP contribution < -0.4 is 4.72 Å². The Balaban J connectivity index is 1.89. The molecule has 0 aromatic carbocycles. The van der Waals surface area contributed by atoms with E-state index in [1.165, 1.54) is 10.6 Å². The molecule has 0 atom stereocenters. The maximum atomic E-state index is 12.5. The molecule has 0 saturated heterocycles. The van der Waals surface area contributed by atoms with Gasteiger partial charge in [0.1, 0.15) is 5.65 Å². The van der Waals surface area contributed by atoms with Crippen molar-refractivity contribution in [3.8, 4) is 0 Å². The van der Waals surface area contributed by atoms with Crippen molar-refractivity contribution < 1.29 is 13.2 Å². The summed E-state index contributed by atoms with van der Waals surface area (Å²) in [5, 5.41) is -0.421. The van der Waals surface area contributed by atoms with Gasteiger partial charge in [-0.1, -0.05) is 17.7 Å². The van der Waals surface area contributed by atoms with Crippen LogP contribution in [0.15, 0.2) is 35.5 Å². The largest absolute Gasteiger partial charge is 0.288 e. The lowest BCUT2D eigenvalue weighted by Gasteiger charge is -2.07. The highest BCUT2D eigenvalue weighted by Crippen LogP contribution is 2.23. The minimum absolute atomic E-state index is 0.0102. The first kappa shape index (κ1) is 16.9. The normalized spacial score (nSPS) is 11.8. The van der Waals surface area contributed by atoms with E-state index < -0.39 is 15.9 Å². The van der Waals surface area contributed by atoms with Gasteiger partial charge in [0.15, 0.2) is 10.2 Å². The zero-order chi connectivity index (χ0) is 17.5. The molecule has 0 aliphatic rings. The van der Waals surface area contributed by atoms with Crippen LogP contribution in [0.25, 0.3) is 5.65 Å². The Hall–Kier alpha value is -1.90. The molecule has 1 N–H and O–H groups in total. The summed E-state index contributed by atoms with van der Waals surface area (Å²) < 4.78 is 28.5. The number of nitrogens with one attached hydrogen (secondary N) is 1. The number of aryl methyl sites for hydroxylation is 2. The molecule has 1 amide bonds. The number of amides is 1. The molecule has 24 heavy (non-hydrogen) atoms.